The lowest BCUT2D eigenvalue weighted by atomic mass is 10.1. The first-order chi connectivity index (χ1) is 9.95. The van der Waals surface area contributed by atoms with E-state index in [1.165, 1.54) is 6.07 Å². The van der Waals surface area contributed by atoms with Crippen molar-refractivity contribution in [2.75, 3.05) is 0 Å². The van der Waals surface area contributed by atoms with Crippen molar-refractivity contribution in [1.29, 1.82) is 0 Å². The Bertz CT molecular complexity index is 656. The first kappa shape index (κ1) is 15.8. The first-order valence-corrected chi connectivity index (χ1v) is 7.30. The Hall–Kier alpha value is -1.58. The summed E-state index contributed by atoms with van der Waals surface area (Å²) in [4.78, 5) is 16.3. The third-order valence-corrected chi connectivity index (χ3v) is 3.33. The number of esters is 1. The lowest BCUT2D eigenvalue weighted by Crippen LogP contribution is -2.07. The molecule has 0 bridgehead atoms. The lowest BCUT2D eigenvalue weighted by molar-refractivity contribution is 0.0472. The maximum atomic E-state index is 12.1. The molecule has 1 heterocycles. The summed E-state index contributed by atoms with van der Waals surface area (Å²) in [5.74, 6) is -0.246. The number of benzene rings is 1. The molecule has 0 aliphatic rings. The van der Waals surface area contributed by atoms with Crippen LogP contribution in [0.25, 0.3) is 0 Å². The molecule has 21 heavy (non-hydrogen) atoms. The Kier molecular flexibility index (Phi) is 5.21. The van der Waals surface area contributed by atoms with Gasteiger partial charge in [-0.05, 0) is 35.7 Å². The zero-order chi connectivity index (χ0) is 15.4. The summed E-state index contributed by atoms with van der Waals surface area (Å²) in [6.45, 7) is 4.13. The highest BCUT2D eigenvalue weighted by atomic mass is 35.5. The van der Waals surface area contributed by atoms with Crippen molar-refractivity contribution in [3.05, 3.63) is 63.4 Å². The lowest BCUT2D eigenvalue weighted by Gasteiger charge is -2.09. The van der Waals surface area contributed by atoms with E-state index in [2.05, 4.69) is 4.98 Å². The number of rotatable bonds is 4. The summed E-state index contributed by atoms with van der Waals surface area (Å²) in [5, 5.41) is 0.897. The van der Waals surface area contributed by atoms with Gasteiger partial charge < -0.3 is 4.74 Å². The molecule has 1 aromatic carbocycles. The fourth-order valence-corrected chi connectivity index (χ4v) is 2.22. The van der Waals surface area contributed by atoms with E-state index in [1.54, 1.807) is 18.2 Å². The van der Waals surface area contributed by atoms with Crippen LogP contribution in [0.3, 0.4) is 0 Å². The Morgan fingerprint density at radius 2 is 2.00 bits per heavy atom. The van der Waals surface area contributed by atoms with Gasteiger partial charge in [0, 0.05) is 10.7 Å². The van der Waals surface area contributed by atoms with Gasteiger partial charge >= 0.3 is 5.97 Å². The maximum absolute atomic E-state index is 12.1. The standard InChI is InChI=1S/C16H15Cl2NO2/c1-10(2)14-7-12(8-15(18)19-14)16(20)21-9-11-4-3-5-13(17)6-11/h3-8,10H,9H2,1-2H3. The van der Waals surface area contributed by atoms with E-state index in [0.29, 0.717) is 10.6 Å². The number of aromatic nitrogens is 1. The second kappa shape index (κ2) is 6.92. The molecular weight excluding hydrogens is 309 g/mol. The molecule has 0 fully saturated rings. The smallest absolute Gasteiger partial charge is 0.338 e. The van der Waals surface area contributed by atoms with Crippen LogP contribution in [0, 0.1) is 0 Å². The van der Waals surface area contributed by atoms with Gasteiger partial charge in [0.2, 0.25) is 0 Å². The fourth-order valence-electron chi connectivity index (χ4n) is 1.79. The number of nitrogens with zero attached hydrogens (tertiary/aromatic N) is 1. The average molecular weight is 324 g/mol. The zero-order valence-corrected chi connectivity index (χ0v) is 13.3. The largest absolute Gasteiger partial charge is 0.457 e. The summed E-state index contributed by atoms with van der Waals surface area (Å²) in [7, 11) is 0. The molecule has 1 aromatic heterocycles. The highest BCUT2D eigenvalue weighted by Gasteiger charge is 2.12. The number of hydrogen-bond donors (Lipinski definition) is 0. The predicted molar refractivity (Wildman–Crippen MR) is 83.9 cm³/mol. The summed E-state index contributed by atoms with van der Waals surface area (Å²) < 4.78 is 5.27. The number of carbonyl (C=O) groups is 1. The molecular formula is C16H15Cl2NO2. The van der Waals surface area contributed by atoms with Crippen molar-refractivity contribution in [3.63, 3.8) is 0 Å². The fraction of sp³-hybridized carbons (Fsp3) is 0.250. The van der Waals surface area contributed by atoms with Crippen molar-refractivity contribution in [3.8, 4) is 0 Å². The summed E-state index contributed by atoms with van der Waals surface area (Å²) in [6, 6.07) is 10.4. The highest BCUT2D eigenvalue weighted by molar-refractivity contribution is 6.30. The molecule has 0 spiro atoms. The molecule has 0 atom stereocenters. The third-order valence-electron chi connectivity index (χ3n) is 2.90. The van der Waals surface area contributed by atoms with E-state index in [9.17, 15) is 4.79 Å². The van der Waals surface area contributed by atoms with Crippen molar-refractivity contribution in [2.24, 2.45) is 0 Å². The summed E-state index contributed by atoms with van der Waals surface area (Å²) in [5.41, 5.74) is 2.00. The topological polar surface area (TPSA) is 39.2 Å². The number of hydrogen-bond acceptors (Lipinski definition) is 3. The molecule has 0 radical (unpaired) electrons. The van der Waals surface area contributed by atoms with Gasteiger partial charge in [-0.1, -0.05) is 49.2 Å². The van der Waals surface area contributed by atoms with Crippen LogP contribution in [0.1, 0.15) is 41.4 Å². The zero-order valence-electron chi connectivity index (χ0n) is 11.8. The first-order valence-electron chi connectivity index (χ1n) is 6.55. The summed E-state index contributed by atoms with van der Waals surface area (Å²) >= 11 is 11.8. The van der Waals surface area contributed by atoms with Gasteiger partial charge in [0.15, 0.2) is 0 Å². The van der Waals surface area contributed by atoms with Gasteiger partial charge in [0.1, 0.15) is 11.8 Å². The SMILES string of the molecule is CC(C)c1cc(C(=O)OCc2cccc(Cl)c2)cc(Cl)n1. The molecule has 0 unspecified atom stereocenters. The Balaban J connectivity index is 2.10. The minimum atomic E-state index is -0.429. The Labute approximate surface area is 133 Å². The number of pyridine rings is 1. The average Bonchev–Trinajstić information content (AvgIpc) is 2.44. The van der Waals surface area contributed by atoms with Gasteiger partial charge in [0.05, 0.1) is 5.56 Å². The minimum absolute atomic E-state index is 0.163. The molecule has 5 heteroatoms. The molecule has 0 saturated heterocycles. The normalized spacial score (nSPS) is 10.7. The van der Waals surface area contributed by atoms with Crippen LogP contribution in [0.2, 0.25) is 10.2 Å². The molecule has 0 saturated carbocycles. The molecule has 3 nitrogen and oxygen atoms in total. The molecule has 0 amide bonds. The van der Waals surface area contributed by atoms with E-state index in [1.807, 2.05) is 26.0 Å². The van der Waals surface area contributed by atoms with E-state index < -0.39 is 5.97 Å². The van der Waals surface area contributed by atoms with Crippen LogP contribution in [-0.2, 0) is 11.3 Å². The quantitative estimate of drug-likeness (QED) is 0.595. The Morgan fingerprint density at radius 3 is 2.67 bits per heavy atom. The van der Waals surface area contributed by atoms with Crippen molar-refractivity contribution in [1.82, 2.24) is 4.98 Å². The van der Waals surface area contributed by atoms with Crippen LogP contribution >= 0.6 is 23.2 Å². The van der Waals surface area contributed by atoms with Gasteiger partial charge in [-0.2, -0.15) is 0 Å². The van der Waals surface area contributed by atoms with Gasteiger partial charge in [-0.25, -0.2) is 9.78 Å². The van der Waals surface area contributed by atoms with Crippen LogP contribution in [0.4, 0.5) is 0 Å². The highest BCUT2D eigenvalue weighted by Crippen LogP contribution is 2.19. The minimum Gasteiger partial charge on any atom is -0.457 e. The number of carbonyl (C=O) groups excluding carboxylic acids is 1. The van der Waals surface area contributed by atoms with Crippen LogP contribution in [0.15, 0.2) is 36.4 Å². The molecule has 110 valence electrons. The molecule has 2 aromatic rings. The van der Waals surface area contributed by atoms with E-state index in [4.69, 9.17) is 27.9 Å². The van der Waals surface area contributed by atoms with Crippen molar-refractivity contribution < 1.29 is 9.53 Å². The van der Waals surface area contributed by atoms with Gasteiger partial charge in [-0.15, -0.1) is 0 Å². The van der Waals surface area contributed by atoms with E-state index >= 15 is 0 Å². The number of halogens is 2. The van der Waals surface area contributed by atoms with E-state index in [-0.39, 0.29) is 17.7 Å². The van der Waals surface area contributed by atoms with Crippen molar-refractivity contribution >= 4 is 29.2 Å². The second-order valence-electron chi connectivity index (χ2n) is 4.96. The number of ether oxygens (including phenoxy) is 1. The van der Waals surface area contributed by atoms with Crippen LogP contribution < -0.4 is 0 Å². The molecule has 0 N–H and O–H groups in total. The van der Waals surface area contributed by atoms with Crippen LogP contribution in [-0.4, -0.2) is 11.0 Å². The van der Waals surface area contributed by atoms with Crippen LogP contribution in [0.5, 0.6) is 0 Å². The Morgan fingerprint density at radius 1 is 1.24 bits per heavy atom. The molecule has 0 aliphatic carbocycles. The maximum Gasteiger partial charge on any atom is 0.338 e. The second-order valence-corrected chi connectivity index (χ2v) is 5.79. The van der Waals surface area contributed by atoms with Gasteiger partial charge in [-0.3, -0.25) is 0 Å². The van der Waals surface area contributed by atoms with Crippen molar-refractivity contribution in [2.45, 2.75) is 26.4 Å². The molecule has 0 aliphatic heterocycles. The van der Waals surface area contributed by atoms with Gasteiger partial charge in [0.25, 0.3) is 0 Å². The monoisotopic (exact) mass is 323 g/mol. The van der Waals surface area contributed by atoms with E-state index in [0.717, 1.165) is 11.3 Å². The third kappa shape index (κ3) is 4.45. The molecule has 2 rings (SSSR count). The summed E-state index contributed by atoms with van der Waals surface area (Å²) in [6.07, 6.45) is 0. The predicted octanol–water partition coefficient (Wildman–Crippen LogP) is 4.87.